The second kappa shape index (κ2) is 8.03. The number of anilines is 2. The van der Waals surface area contributed by atoms with E-state index in [2.05, 4.69) is 10.2 Å². The van der Waals surface area contributed by atoms with E-state index in [1.165, 1.54) is 12.8 Å². The molecule has 1 atom stereocenters. The van der Waals surface area contributed by atoms with Gasteiger partial charge in [-0.15, -0.1) is 0 Å². The number of aliphatic hydroxyl groups excluding tert-OH is 1. The Morgan fingerprint density at radius 2 is 1.96 bits per heavy atom. The molecule has 5 nitrogen and oxygen atoms in total. The summed E-state index contributed by atoms with van der Waals surface area (Å²) in [7, 11) is 0. The van der Waals surface area contributed by atoms with Crippen molar-refractivity contribution in [1.29, 1.82) is 0 Å². The highest BCUT2D eigenvalue weighted by molar-refractivity contribution is 5.97. The van der Waals surface area contributed by atoms with Gasteiger partial charge >= 0.3 is 0 Å². The van der Waals surface area contributed by atoms with Crippen LogP contribution in [0.1, 0.15) is 25.3 Å². The zero-order valence-corrected chi connectivity index (χ0v) is 14.4. The molecule has 2 aromatic rings. The van der Waals surface area contributed by atoms with Crippen molar-refractivity contribution in [2.24, 2.45) is 0 Å². The molecule has 25 heavy (non-hydrogen) atoms. The van der Waals surface area contributed by atoms with Crippen molar-refractivity contribution >= 4 is 17.3 Å². The van der Waals surface area contributed by atoms with Crippen molar-refractivity contribution in [3.8, 4) is 5.75 Å². The molecule has 0 spiro atoms. The number of hydrogen-bond acceptors (Lipinski definition) is 4. The van der Waals surface area contributed by atoms with Gasteiger partial charge in [0.15, 0.2) is 6.10 Å². The first kappa shape index (κ1) is 17.3. The smallest absolute Gasteiger partial charge is 0.265 e. The lowest BCUT2D eigenvalue weighted by Crippen LogP contribution is -2.31. The van der Waals surface area contributed by atoms with E-state index in [4.69, 9.17) is 4.74 Å². The zero-order chi connectivity index (χ0) is 17.6. The fourth-order valence-electron chi connectivity index (χ4n) is 3.02. The van der Waals surface area contributed by atoms with Gasteiger partial charge in [-0.05, 0) is 49.6 Å². The number of hydrogen-bond donors (Lipinski definition) is 2. The Balaban J connectivity index is 1.67. The molecule has 5 heteroatoms. The Kier molecular flexibility index (Phi) is 5.56. The van der Waals surface area contributed by atoms with Crippen LogP contribution in [0.25, 0.3) is 0 Å². The number of carbonyl (C=O) groups excluding carboxylic acids is 1. The second-order valence-corrected chi connectivity index (χ2v) is 6.27. The zero-order valence-electron chi connectivity index (χ0n) is 14.4. The lowest BCUT2D eigenvalue weighted by molar-refractivity contribution is -0.122. The van der Waals surface area contributed by atoms with Crippen molar-refractivity contribution in [2.45, 2.75) is 32.5 Å². The van der Waals surface area contributed by atoms with Crippen LogP contribution in [0.4, 0.5) is 11.4 Å². The van der Waals surface area contributed by atoms with Gasteiger partial charge in [-0.3, -0.25) is 4.79 Å². The third-order valence-corrected chi connectivity index (χ3v) is 4.37. The predicted octanol–water partition coefficient (Wildman–Crippen LogP) is 3.19. The minimum Gasteiger partial charge on any atom is -0.481 e. The highest BCUT2D eigenvalue weighted by atomic mass is 16.5. The molecule has 1 aliphatic heterocycles. The van der Waals surface area contributed by atoms with Crippen LogP contribution in [-0.4, -0.2) is 30.2 Å². The molecule has 2 aromatic carbocycles. The van der Waals surface area contributed by atoms with Crippen LogP contribution < -0.4 is 15.0 Å². The molecule has 1 heterocycles. The number of carbonyl (C=O) groups is 1. The van der Waals surface area contributed by atoms with E-state index in [1.54, 1.807) is 25.1 Å². The van der Waals surface area contributed by atoms with Crippen molar-refractivity contribution in [1.82, 2.24) is 0 Å². The van der Waals surface area contributed by atoms with E-state index in [1.807, 2.05) is 30.3 Å². The summed E-state index contributed by atoms with van der Waals surface area (Å²) in [4.78, 5) is 14.8. The van der Waals surface area contributed by atoms with E-state index in [0.717, 1.165) is 30.0 Å². The van der Waals surface area contributed by atoms with Crippen molar-refractivity contribution in [3.05, 3.63) is 54.1 Å². The molecule has 0 saturated carbocycles. The van der Waals surface area contributed by atoms with Gasteiger partial charge in [0.05, 0.1) is 18.0 Å². The summed E-state index contributed by atoms with van der Waals surface area (Å²) < 4.78 is 5.72. The number of para-hydroxylation sites is 2. The molecular formula is C20H24N2O3. The molecule has 3 rings (SSSR count). The first-order valence-electron chi connectivity index (χ1n) is 8.68. The minimum atomic E-state index is -0.638. The Hall–Kier alpha value is -2.53. The summed E-state index contributed by atoms with van der Waals surface area (Å²) in [6, 6.07) is 15.0. The number of amides is 1. The molecule has 1 aliphatic rings. The van der Waals surface area contributed by atoms with Gasteiger partial charge in [0.2, 0.25) is 0 Å². The topological polar surface area (TPSA) is 61.8 Å². The quantitative estimate of drug-likeness (QED) is 0.848. The van der Waals surface area contributed by atoms with Crippen LogP contribution in [0, 0.1) is 0 Å². The van der Waals surface area contributed by atoms with Gasteiger partial charge in [-0.2, -0.15) is 0 Å². The van der Waals surface area contributed by atoms with Crippen LogP contribution in [0.3, 0.4) is 0 Å². The molecule has 0 bridgehead atoms. The van der Waals surface area contributed by atoms with Gasteiger partial charge in [0.25, 0.3) is 5.91 Å². The Morgan fingerprint density at radius 1 is 1.20 bits per heavy atom. The predicted molar refractivity (Wildman–Crippen MR) is 99.0 cm³/mol. The molecule has 0 aromatic heterocycles. The third-order valence-electron chi connectivity index (χ3n) is 4.37. The van der Waals surface area contributed by atoms with Crippen molar-refractivity contribution in [2.75, 3.05) is 23.3 Å². The number of nitrogens with zero attached hydrogens (tertiary/aromatic N) is 1. The summed E-state index contributed by atoms with van der Waals surface area (Å²) in [5, 5.41) is 12.2. The van der Waals surface area contributed by atoms with Gasteiger partial charge in [-0.1, -0.05) is 24.3 Å². The number of ether oxygens (including phenoxy) is 1. The fourth-order valence-corrected chi connectivity index (χ4v) is 3.02. The lowest BCUT2D eigenvalue weighted by atomic mass is 10.2. The molecule has 1 unspecified atom stereocenters. The van der Waals surface area contributed by atoms with E-state index < -0.39 is 6.10 Å². The van der Waals surface area contributed by atoms with Gasteiger partial charge in [0.1, 0.15) is 5.75 Å². The average Bonchev–Trinajstić information content (AvgIpc) is 3.16. The maximum absolute atomic E-state index is 12.5. The summed E-state index contributed by atoms with van der Waals surface area (Å²) in [6.07, 6.45) is 1.73. The third kappa shape index (κ3) is 4.31. The second-order valence-electron chi connectivity index (χ2n) is 6.27. The Labute approximate surface area is 148 Å². The number of benzene rings is 2. The monoisotopic (exact) mass is 340 g/mol. The number of rotatable bonds is 6. The highest BCUT2D eigenvalue weighted by Gasteiger charge is 2.19. The Morgan fingerprint density at radius 3 is 2.72 bits per heavy atom. The first-order valence-corrected chi connectivity index (χ1v) is 8.68. The number of nitrogens with one attached hydrogen (secondary N) is 1. The van der Waals surface area contributed by atoms with Crippen molar-refractivity contribution < 1.29 is 14.6 Å². The lowest BCUT2D eigenvalue weighted by Gasteiger charge is -2.22. The van der Waals surface area contributed by atoms with Crippen molar-refractivity contribution in [3.63, 3.8) is 0 Å². The number of aliphatic hydroxyl groups is 1. The first-order chi connectivity index (χ1) is 12.2. The van der Waals surface area contributed by atoms with Crippen LogP contribution in [0.5, 0.6) is 5.75 Å². The normalized spacial score (nSPS) is 15.0. The Bertz CT molecular complexity index is 726. The van der Waals surface area contributed by atoms with Gasteiger partial charge in [-0.25, -0.2) is 0 Å². The molecule has 2 N–H and O–H groups in total. The van der Waals surface area contributed by atoms with Crippen LogP contribution in [-0.2, 0) is 11.4 Å². The summed E-state index contributed by atoms with van der Waals surface area (Å²) in [6.45, 7) is 3.71. The summed E-state index contributed by atoms with van der Waals surface area (Å²) in [5.74, 6) is 0.378. The maximum Gasteiger partial charge on any atom is 0.265 e. The van der Waals surface area contributed by atoms with E-state index in [0.29, 0.717) is 5.75 Å². The molecular weight excluding hydrogens is 316 g/mol. The largest absolute Gasteiger partial charge is 0.481 e. The highest BCUT2D eigenvalue weighted by Crippen LogP contribution is 2.28. The molecule has 0 radical (unpaired) electrons. The SMILES string of the molecule is CC(Oc1cccc(CO)c1)C(=O)Nc1ccccc1N1CCCC1. The molecule has 1 saturated heterocycles. The van der Waals surface area contributed by atoms with E-state index in [9.17, 15) is 9.90 Å². The maximum atomic E-state index is 12.5. The minimum absolute atomic E-state index is 0.0546. The van der Waals surface area contributed by atoms with Gasteiger partial charge in [0, 0.05) is 13.1 Å². The molecule has 1 amide bonds. The average molecular weight is 340 g/mol. The molecule has 0 aliphatic carbocycles. The van der Waals surface area contributed by atoms with E-state index >= 15 is 0 Å². The van der Waals surface area contributed by atoms with Crippen LogP contribution >= 0.6 is 0 Å². The van der Waals surface area contributed by atoms with Gasteiger partial charge < -0.3 is 20.1 Å². The fraction of sp³-hybridized carbons (Fsp3) is 0.350. The molecule has 132 valence electrons. The molecule has 1 fully saturated rings. The standard InChI is InChI=1S/C20H24N2O3/c1-15(25-17-8-6-7-16(13-17)14-23)20(24)21-18-9-2-3-10-19(18)22-11-4-5-12-22/h2-3,6-10,13,15,23H,4-5,11-12,14H2,1H3,(H,21,24). The summed E-state index contributed by atoms with van der Waals surface area (Å²) >= 11 is 0. The van der Waals surface area contributed by atoms with Crippen LogP contribution in [0.2, 0.25) is 0 Å². The summed E-state index contributed by atoms with van der Waals surface area (Å²) in [5.41, 5.74) is 2.63. The van der Waals surface area contributed by atoms with Crippen LogP contribution in [0.15, 0.2) is 48.5 Å². The van der Waals surface area contributed by atoms with E-state index in [-0.39, 0.29) is 12.5 Å².